The van der Waals surface area contributed by atoms with Gasteiger partial charge in [0.25, 0.3) is 5.91 Å². The first-order valence-electron chi connectivity index (χ1n) is 10.5. The van der Waals surface area contributed by atoms with Gasteiger partial charge in [0.1, 0.15) is 11.4 Å². The van der Waals surface area contributed by atoms with Crippen molar-refractivity contribution in [2.75, 3.05) is 13.7 Å². The summed E-state index contributed by atoms with van der Waals surface area (Å²) >= 11 is 0. The molecule has 0 saturated carbocycles. The van der Waals surface area contributed by atoms with Crippen molar-refractivity contribution in [2.24, 2.45) is 0 Å². The van der Waals surface area contributed by atoms with Gasteiger partial charge in [0, 0.05) is 18.7 Å². The smallest absolute Gasteiger partial charge is 0.312 e. The van der Waals surface area contributed by atoms with Crippen molar-refractivity contribution in [3.05, 3.63) is 92.8 Å². The molecule has 0 aliphatic rings. The topological polar surface area (TPSA) is 108 Å². The van der Waals surface area contributed by atoms with E-state index in [2.05, 4.69) is 5.10 Å². The largest absolute Gasteiger partial charge is 0.469 e. The number of rotatable bonds is 9. The lowest BCUT2D eigenvalue weighted by Gasteiger charge is -2.22. The number of aromatic nitrogens is 2. The van der Waals surface area contributed by atoms with Crippen molar-refractivity contribution >= 4 is 17.6 Å². The van der Waals surface area contributed by atoms with Gasteiger partial charge in [-0.15, -0.1) is 0 Å². The lowest BCUT2D eigenvalue weighted by Crippen LogP contribution is -2.32. The minimum Gasteiger partial charge on any atom is -0.469 e. The molecule has 1 amide bonds. The van der Waals surface area contributed by atoms with Crippen LogP contribution in [-0.4, -0.2) is 45.1 Å². The van der Waals surface area contributed by atoms with Gasteiger partial charge in [-0.25, -0.2) is 0 Å². The van der Waals surface area contributed by atoms with Crippen LogP contribution in [-0.2, 0) is 22.6 Å². The number of hydrogen-bond acceptors (Lipinski definition) is 6. The van der Waals surface area contributed by atoms with Crippen molar-refractivity contribution in [3.63, 3.8) is 0 Å². The molecular formula is C24H26N4O5. The van der Waals surface area contributed by atoms with E-state index in [1.165, 1.54) is 7.11 Å². The van der Waals surface area contributed by atoms with Gasteiger partial charge in [-0.2, -0.15) is 5.10 Å². The lowest BCUT2D eigenvalue weighted by molar-refractivity contribution is -0.386. The van der Waals surface area contributed by atoms with E-state index in [0.717, 1.165) is 11.1 Å². The lowest BCUT2D eigenvalue weighted by atomic mass is 10.1. The monoisotopic (exact) mass is 450 g/mol. The van der Waals surface area contributed by atoms with Gasteiger partial charge in [-0.05, 0) is 37.1 Å². The number of carbonyl (C=O) groups excluding carboxylic acids is 2. The molecule has 0 aliphatic heterocycles. The summed E-state index contributed by atoms with van der Waals surface area (Å²) in [4.78, 5) is 37.2. The van der Waals surface area contributed by atoms with Crippen LogP contribution in [0, 0.1) is 24.0 Å². The molecule has 0 unspecified atom stereocenters. The van der Waals surface area contributed by atoms with Crippen LogP contribution in [0.1, 0.15) is 39.3 Å². The first-order valence-corrected chi connectivity index (χ1v) is 10.5. The highest BCUT2D eigenvalue weighted by Gasteiger charge is 2.22. The molecule has 0 radical (unpaired) electrons. The van der Waals surface area contributed by atoms with Gasteiger partial charge in [-0.1, -0.05) is 42.5 Å². The zero-order chi connectivity index (χ0) is 24.0. The maximum Gasteiger partial charge on any atom is 0.312 e. The number of nitro groups is 1. The van der Waals surface area contributed by atoms with Crippen molar-refractivity contribution in [1.82, 2.24) is 14.7 Å². The number of amides is 1. The van der Waals surface area contributed by atoms with E-state index in [1.807, 2.05) is 30.3 Å². The van der Waals surface area contributed by atoms with E-state index in [0.29, 0.717) is 30.0 Å². The van der Waals surface area contributed by atoms with Crippen LogP contribution in [0.5, 0.6) is 0 Å². The Morgan fingerprint density at radius 3 is 2.30 bits per heavy atom. The van der Waals surface area contributed by atoms with Crippen molar-refractivity contribution in [2.45, 2.75) is 33.4 Å². The average molecular weight is 450 g/mol. The third kappa shape index (κ3) is 5.82. The molecule has 1 aromatic heterocycles. The van der Waals surface area contributed by atoms with Crippen molar-refractivity contribution in [1.29, 1.82) is 0 Å². The number of methoxy groups -OCH3 is 1. The molecule has 3 aromatic rings. The zero-order valence-electron chi connectivity index (χ0n) is 18.9. The summed E-state index contributed by atoms with van der Waals surface area (Å²) in [6, 6.07) is 16.6. The molecule has 3 rings (SSSR count). The van der Waals surface area contributed by atoms with Gasteiger partial charge < -0.3 is 9.64 Å². The fourth-order valence-electron chi connectivity index (χ4n) is 3.60. The second-order valence-corrected chi connectivity index (χ2v) is 7.67. The number of benzene rings is 2. The van der Waals surface area contributed by atoms with Crippen LogP contribution < -0.4 is 0 Å². The number of carbonyl (C=O) groups is 2. The number of hydrogen-bond donors (Lipinski definition) is 0. The number of aryl methyl sites for hydroxylation is 1. The summed E-state index contributed by atoms with van der Waals surface area (Å²) in [6.45, 7) is 4.23. The molecule has 0 saturated heterocycles. The van der Waals surface area contributed by atoms with Crippen LogP contribution >= 0.6 is 0 Å². The molecule has 0 spiro atoms. The third-order valence-corrected chi connectivity index (χ3v) is 5.38. The number of nitrogens with zero attached hydrogens (tertiary/aromatic N) is 4. The summed E-state index contributed by atoms with van der Waals surface area (Å²) in [5.41, 5.74) is 3.17. The summed E-state index contributed by atoms with van der Waals surface area (Å²) < 4.78 is 6.30. The summed E-state index contributed by atoms with van der Waals surface area (Å²) in [6.07, 6.45) is 0.101. The predicted octanol–water partition coefficient (Wildman–Crippen LogP) is 3.66. The van der Waals surface area contributed by atoms with Crippen LogP contribution in [0.3, 0.4) is 0 Å². The molecular weight excluding hydrogens is 424 g/mol. The van der Waals surface area contributed by atoms with Gasteiger partial charge in [-0.3, -0.25) is 24.4 Å². The highest BCUT2D eigenvalue weighted by molar-refractivity contribution is 5.94. The van der Waals surface area contributed by atoms with Gasteiger partial charge >= 0.3 is 11.7 Å². The van der Waals surface area contributed by atoms with Crippen molar-refractivity contribution < 1.29 is 19.2 Å². The van der Waals surface area contributed by atoms with Gasteiger partial charge in [0.2, 0.25) is 0 Å². The molecule has 33 heavy (non-hydrogen) atoms. The van der Waals surface area contributed by atoms with E-state index in [-0.39, 0.29) is 30.5 Å². The average Bonchev–Trinajstić information content (AvgIpc) is 3.09. The Morgan fingerprint density at radius 2 is 1.73 bits per heavy atom. The Morgan fingerprint density at radius 1 is 1.06 bits per heavy atom. The van der Waals surface area contributed by atoms with Crippen LogP contribution in [0.15, 0.2) is 54.6 Å². The van der Waals surface area contributed by atoms with E-state index in [1.54, 1.807) is 47.7 Å². The molecule has 0 N–H and O–H groups in total. The molecule has 9 nitrogen and oxygen atoms in total. The summed E-state index contributed by atoms with van der Waals surface area (Å²) in [5, 5.41) is 15.5. The van der Waals surface area contributed by atoms with E-state index in [9.17, 15) is 19.7 Å². The van der Waals surface area contributed by atoms with Gasteiger partial charge in [0.15, 0.2) is 0 Å². The minimum atomic E-state index is -0.425. The first kappa shape index (κ1) is 23.6. The second kappa shape index (κ2) is 10.5. The highest BCUT2D eigenvalue weighted by atomic mass is 16.6. The Labute approximate surface area is 191 Å². The van der Waals surface area contributed by atoms with E-state index in [4.69, 9.17) is 4.74 Å². The Hall–Kier alpha value is -4.01. The molecule has 2 aromatic carbocycles. The summed E-state index contributed by atoms with van der Waals surface area (Å²) in [5.74, 6) is -0.578. The molecule has 1 heterocycles. The molecule has 9 heteroatoms. The highest BCUT2D eigenvalue weighted by Crippen LogP contribution is 2.22. The van der Waals surface area contributed by atoms with Crippen LogP contribution in [0.4, 0.5) is 5.69 Å². The number of ether oxygens (including phenoxy) is 1. The second-order valence-electron chi connectivity index (χ2n) is 7.67. The minimum absolute atomic E-state index is 0.0176. The van der Waals surface area contributed by atoms with Crippen molar-refractivity contribution in [3.8, 4) is 0 Å². The standard InChI is InChI=1S/C24H26N4O5/c1-17-23(28(31)32)18(2)27(25-17)16-20-9-11-21(12-10-20)24(30)26(14-13-22(29)33-3)15-19-7-5-4-6-8-19/h4-12H,13-16H2,1-3H3. The quantitative estimate of drug-likeness (QED) is 0.280. The van der Waals surface area contributed by atoms with Crippen LogP contribution in [0.2, 0.25) is 0 Å². The molecule has 0 fully saturated rings. The molecule has 0 atom stereocenters. The molecule has 0 bridgehead atoms. The Bertz CT molecular complexity index is 1140. The Balaban J connectivity index is 1.76. The fraction of sp³-hybridized carbons (Fsp3) is 0.292. The fourth-order valence-corrected chi connectivity index (χ4v) is 3.60. The molecule has 0 aliphatic carbocycles. The predicted molar refractivity (Wildman–Crippen MR) is 122 cm³/mol. The Kier molecular flexibility index (Phi) is 7.55. The third-order valence-electron chi connectivity index (χ3n) is 5.38. The van der Waals surface area contributed by atoms with E-state index >= 15 is 0 Å². The van der Waals surface area contributed by atoms with Crippen LogP contribution in [0.25, 0.3) is 0 Å². The normalized spacial score (nSPS) is 10.6. The summed E-state index contributed by atoms with van der Waals surface area (Å²) in [7, 11) is 1.32. The molecule has 172 valence electrons. The van der Waals surface area contributed by atoms with E-state index < -0.39 is 4.92 Å². The number of esters is 1. The van der Waals surface area contributed by atoms with Gasteiger partial charge in [0.05, 0.1) is 25.0 Å². The zero-order valence-corrected chi connectivity index (χ0v) is 18.9. The SMILES string of the molecule is COC(=O)CCN(Cc1ccccc1)C(=O)c1ccc(Cn2nc(C)c([N+](=O)[O-])c2C)cc1. The maximum atomic E-state index is 13.2. The maximum absolute atomic E-state index is 13.2. The first-order chi connectivity index (χ1) is 15.8.